The Kier molecular flexibility index (Phi) is 9.88. The van der Waals surface area contributed by atoms with Crippen LogP contribution in [0.25, 0.3) is 11.0 Å². The number of anilines is 4. The van der Waals surface area contributed by atoms with Gasteiger partial charge in [-0.2, -0.15) is 0 Å². The van der Waals surface area contributed by atoms with E-state index >= 15 is 0 Å². The maximum atomic E-state index is 12.7. The van der Waals surface area contributed by atoms with Gasteiger partial charge in [-0.15, -0.1) is 0 Å². The monoisotopic (exact) mass is 775 g/mol. The van der Waals surface area contributed by atoms with Crippen LogP contribution >= 0.6 is 0 Å². The number of urea groups is 1. The standard InChI is InChI=1S/C41H49N11O5/c1-48-19-20-52(41(48)56)29-3-2-15-51(23-29)33-21-43-36(38(42)54)39(45-33)44-27-5-7-28(8-6-27)50-17-12-25(13-18-50)22-49-16-14-26-4-9-30-35(47-57-37(30)32(26)24-49)31-10-11-34(53)46-40(31)55/h4-9,21,25,29,31H,2-3,10-20,22-24H2,1H3,(H2,42,54)(H,44,45)(H,46,53,55)/t29-,31?/m1/s1. The summed E-state index contributed by atoms with van der Waals surface area (Å²) >= 11 is 0. The molecule has 4 aromatic rings. The largest absolute Gasteiger partial charge is 0.372 e. The zero-order chi connectivity index (χ0) is 39.2. The second-order valence-corrected chi connectivity index (χ2v) is 16.2. The number of nitrogens with one attached hydrogen (secondary N) is 2. The lowest BCUT2D eigenvalue weighted by Crippen LogP contribution is -2.49. The first-order valence-electron chi connectivity index (χ1n) is 20.2. The molecule has 57 heavy (non-hydrogen) atoms. The van der Waals surface area contributed by atoms with Gasteiger partial charge in [-0.25, -0.2) is 14.8 Å². The number of primary amides is 1. The Hall–Kier alpha value is -5.77. The molecule has 0 bridgehead atoms. The minimum atomic E-state index is -0.655. The van der Waals surface area contributed by atoms with Crippen molar-refractivity contribution in [3.8, 4) is 0 Å². The smallest absolute Gasteiger partial charge is 0.320 e. The summed E-state index contributed by atoms with van der Waals surface area (Å²) in [4.78, 5) is 69.4. The third-order valence-corrected chi connectivity index (χ3v) is 12.5. The van der Waals surface area contributed by atoms with Crippen LogP contribution in [0.4, 0.5) is 27.8 Å². The summed E-state index contributed by atoms with van der Waals surface area (Å²) in [5.41, 5.74) is 11.5. The molecule has 2 atom stereocenters. The molecule has 5 aliphatic heterocycles. The Balaban J connectivity index is 0.805. The summed E-state index contributed by atoms with van der Waals surface area (Å²) in [7, 11) is 1.84. The molecule has 4 fully saturated rings. The van der Waals surface area contributed by atoms with Crippen molar-refractivity contribution in [2.24, 2.45) is 11.7 Å². The van der Waals surface area contributed by atoms with Crippen LogP contribution in [0.2, 0.25) is 0 Å². The number of aromatic nitrogens is 3. The van der Waals surface area contributed by atoms with Crippen molar-refractivity contribution >= 4 is 57.7 Å². The quantitative estimate of drug-likeness (QED) is 0.210. The predicted octanol–water partition coefficient (Wildman–Crippen LogP) is 3.59. The van der Waals surface area contributed by atoms with E-state index in [4.69, 9.17) is 15.2 Å². The molecule has 0 saturated carbocycles. The molecule has 298 valence electrons. The van der Waals surface area contributed by atoms with Gasteiger partial charge in [0.05, 0.1) is 18.2 Å². The van der Waals surface area contributed by atoms with Gasteiger partial charge in [0.1, 0.15) is 11.5 Å². The van der Waals surface area contributed by atoms with Crippen LogP contribution in [0.1, 0.15) is 71.8 Å². The molecule has 9 rings (SSSR count). The number of hydrogen-bond donors (Lipinski definition) is 3. The highest BCUT2D eigenvalue weighted by molar-refractivity contribution is 6.02. The summed E-state index contributed by atoms with van der Waals surface area (Å²) < 4.78 is 5.90. The van der Waals surface area contributed by atoms with Crippen molar-refractivity contribution in [1.82, 2.24) is 35.1 Å². The highest BCUT2D eigenvalue weighted by Crippen LogP contribution is 2.36. The molecular weight excluding hydrogens is 727 g/mol. The van der Waals surface area contributed by atoms with Gasteiger partial charge in [0.2, 0.25) is 11.8 Å². The second-order valence-electron chi connectivity index (χ2n) is 16.2. The summed E-state index contributed by atoms with van der Waals surface area (Å²) in [6, 6.07) is 12.5. The molecule has 0 spiro atoms. The average Bonchev–Trinajstić information content (AvgIpc) is 3.81. The zero-order valence-corrected chi connectivity index (χ0v) is 32.3. The lowest BCUT2D eigenvalue weighted by molar-refractivity contribution is -0.134. The van der Waals surface area contributed by atoms with Crippen molar-refractivity contribution in [2.75, 3.05) is 74.5 Å². The lowest BCUT2D eigenvalue weighted by Gasteiger charge is -2.37. The molecule has 16 nitrogen and oxygen atoms in total. The molecule has 1 unspecified atom stereocenters. The fraction of sp³-hybridized carbons (Fsp3) is 0.488. The summed E-state index contributed by atoms with van der Waals surface area (Å²) in [6.07, 6.45) is 7.32. The van der Waals surface area contributed by atoms with Crippen LogP contribution in [0.15, 0.2) is 47.1 Å². The molecule has 4 saturated heterocycles. The van der Waals surface area contributed by atoms with Gasteiger partial charge in [0.15, 0.2) is 17.1 Å². The van der Waals surface area contributed by atoms with Crippen molar-refractivity contribution in [2.45, 2.75) is 63.5 Å². The number of hydrogen-bond acceptors (Lipinski definition) is 12. The first-order chi connectivity index (χ1) is 27.7. The van der Waals surface area contributed by atoms with Crippen molar-refractivity contribution in [3.63, 3.8) is 0 Å². The van der Waals surface area contributed by atoms with E-state index < -0.39 is 11.8 Å². The number of nitrogens with two attached hydrogens (primary N) is 1. The van der Waals surface area contributed by atoms with Crippen molar-refractivity contribution < 1.29 is 23.7 Å². The summed E-state index contributed by atoms with van der Waals surface area (Å²) in [6.45, 7) is 7.60. The minimum absolute atomic E-state index is 0.0661. The van der Waals surface area contributed by atoms with Gasteiger partial charge < -0.3 is 35.2 Å². The molecule has 5 aliphatic rings. The number of rotatable bonds is 9. The molecule has 0 radical (unpaired) electrons. The molecular formula is C41H49N11O5. The summed E-state index contributed by atoms with van der Waals surface area (Å²) in [5.74, 6) is -0.144. The highest BCUT2D eigenvalue weighted by atomic mass is 16.5. The third kappa shape index (κ3) is 7.33. The van der Waals surface area contributed by atoms with Gasteiger partial charge in [0, 0.05) is 94.7 Å². The Morgan fingerprint density at radius 2 is 1.77 bits per heavy atom. The molecule has 2 aromatic carbocycles. The van der Waals surface area contributed by atoms with E-state index in [1.54, 1.807) is 11.1 Å². The van der Waals surface area contributed by atoms with Crippen molar-refractivity contribution in [3.05, 3.63) is 65.1 Å². The second kappa shape index (κ2) is 15.3. The topological polar surface area (TPSA) is 186 Å². The highest BCUT2D eigenvalue weighted by Gasteiger charge is 2.36. The molecule has 0 aliphatic carbocycles. The first-order valence-corrected chi connectivity index (χ1v) is 20.2. The van der Waals surface area contributed by atoms with E-state index in [-0.39, 0.29) is 29.6 Å². The van der Waals surface area contributed by atoms with E-state index in [1.807, 2.05) is 30.1 Å². The average molecular weight is 776 g/mol. The van der Waals surface area contributed by atoms with E-state index in [0.717, 1.165) is 112 Å². The molecule has 16 heteroatoms. The number of carbonyl (C=O) groups excluding carboxylic acids is 4. The maximum absolute atomic E-state index is 12.7. The lowest BCUT2D eigenvalue weighted by atomic mass is 9.90. The fourth-order valence-corrected chi connectivity index (χ4v) is 9.32. The number of fused-ring (bicyclic) bond motifs is 3. The van der Waals surface area contributed by atoms with Crippen LogP contribution in [-0.2, 0) is 22.6 Å². The van der Waals surface area contributed by atoms with Crippen LogP contribution < -0.4 is 26.2 Å². The number of carbonyl (C=O) groups is 4. The fourth-order valence-electron chi connectivity index (χ4n) is 9.32. The molecule has 2 aromatic heterocycles. The van der Waals surface area contributed by atoms with E-state index in [2.05, 4.69) is 53.7 Å². The van der Waals surface area contributed by atoms with Gasteiger partial charge in [0.25, 0.3) is 5.91 Å². The molecule has 4 N–H and O–H groups in total. The van der Waals surface area contributed by atoms with E-state index in [0.29, 0.717) is 42.6 Å². The minimum Gasteiger partial charge on any atom is -0.372 e. The number of benzene rings is 2. The van der Waals surface area contributed by atoms with Crippen LogP contribution in [0, 0.1) is 5.92 Å². The Morgan fingerprint density at radius 3 is 2.53 bits per heavy atom. The Morgan fingerprint density at radius 1 is 0.947 bits per heavy atom. The van der Waals surface area contributed by atoms with Crippen molar-refractivity contribution in [1.29, 1.82) is 0 Å². The maximum Gasteiger partial charge on any atom is 0.320 e. The molecule has 5 amide bonds. The van der Waals surface area contributed by atoms with Gasteiger partial charge in [-0.1, -0.05) is 11.2 Å². The number of likely N-dealkylation sites (N-methyl/N-ethyl adjacent to an activating group) is 1. The summed E-state index contributed by atoms with van der Waals surface area (Å²) in [5, 5.41) is 11.0. The van der Waals surface area contributed by atoms with Gasteiger partial charge >= 0.3 is 6.03 Å². The first kappa shape index (κ1) is 36.8. The number of imide groups is 1. The third-order valence-electron chi connectivity index (χ3n) is 12.5. The van der Waals surface area contributed by atoms with Crippen LogP contribution in [-0.4, -0.2) is 119 Å². The molecule has 7 heterocycles. The van der Waals surface area contributed by atoms with Crippen LogP contribution in [0.5, 0.6) is 0 Å². The number of nitrogens with zero attached hydrogens (tertiary/aromatic N) is 8. The normalized spacial score (nSPS) is 22.3. The van der Waals surface area contributed by atoms with E-state index in [1.165, 1.54) is 5.56 Å². The van der Waals surface area contributed by atoms with Gasteiger partial charge in [-0.05, 0) is 80.3 Å². The predicted molar refractivity (Wildman–Crippen MR) is 213 cm³/mol. The Bertz CT molecular complexity index is 2200. The SMILES string of the molecule is CN1CCN([C@@H]2CCCN(c3cnc(C(N)=O)c(Nc4ccc(N5CCC(CN6CCc7ccc8c(C9CCC(=O)NC9=O)noc8c7C6)CC5)cc4)n3)C2)C1=O. The zero-order valence-electron chi connectivity index (χ0n) is 32.3. The van der Waals surface area contributed by atoms with Crippen LogP contribution in [0.3, 0.4) is 0 Å². The Labute approximate surface area is 330 Å². The van der Waals surface area contributed by atoms with E-state index in [9.17, 15) is 19.2 Å². The number of piperidine rings is 3. The number of amides is 5. The van der Waals surface area contributed by atoms with Gasteiger partial charge in [-0.3, -0.25) is 24.6 Å².